The number of carbonyl (C=O) groups excluding carboxylic acids is 1. The summed E-state index contributed by atoms with van der Waals surface area (Å²) >= 11 is 0. The second-order valence-corrected chi connectivity index (χ2v) is 2.07. The molecule has 68 valence electrons. The molecule has 0 heterocycles. The van der Waals surface area contributed by atoms with Crippen molar-refractivity contribution in [2.45, 2.75) is 26.7 Å². The third-order valence-corrected chi connectivity index (χ3v) is 0.756. The summed E-state index contributed by atoms with van der Waals surface area (Å²) in [6.45, 7) is 4.33. The topological polar surface area (TPSA) is 38.3 Å². The molecule has 1 N–H and O–H groups in total. The zero-order valence-electron chi connectivity index (χ0n) is 7.94. The second kappa shape index (κ2) is 12.1. The van der Waals surface area contributed by atoms with Gasteiger partial charge in [0.25, 0.3) is 0 Å². The highest BCUT2D eigenvalue weighted by Gasteiger charge is 1.93. The molecule has 0 radical (unpaired) electrons. The Morgan fingerprint density at radius 1 is 1.36 bits per heavy atom. The van der Waals surface area contributed by atoms with Gasteiger partial charge in [-0.1, -0.05) is 13.8 Å². The summed E-state index contributed by atoms with van der Waals surface area (Å²) in [7, 11) is 3.75. The lowest BCUT2D eigenvalue weighted by molar-refractivity contribution is -0.143. The summed E-state index contributed by atoms with van der Waals surface area (Å²) in [5, 5.41) is 2.75. The minimum atomic E-state index is -0.105. The molecule has 0 bridgehead atoms. The Bertz CT molecular complexity index is 84.2. The normalized spacial score (nSPS) is 8.00. The van der Waals surface area contributed by atoms with Gasteiger partial charge in [0.2, 0.25) is 0 Å². The molecule has 0 aromatic carbocycles. The van der Waals surface area contributed by atoms with Crippen LogP contribution in [0.2, 0.25) is 0 Å². The molecule has 0 saturated carbocycles. The van der Waals surface area contributed by atoms with Crippen LogP contribution in [0.4, 0.5) is 0 Å². The van der Waals surface area contributed by atoms with Gasteiger partial charge in [-0.2, -0.15) is 0 Å². The molecule has 0 saturated heterocycles. The first kappa shape index (κ1) is 13.1. The molecule has 0 rings (SSSR count). The number of esters is 1. The van der Waals surface area contributed by atoms with E-state index in [1.165, 1.54) is 0 Å². The summed E-state index contributed by atoms with van der Waals surface area (Å²) in [5.74, 6) is -0.105. The van der Waals surface area contributed by atoms with E-state index >= 15 is 0 Å². The van der Waals surface area contributed by atoms with Crippen molar-refractivity contribution in [3.8, 4) is 0 Å². The van der Waals surface area contributed by atoms with Crippen molar-refractivity contribution < 1.29 is 9.53 Å². The number of ether oxygens (including phenoxy) is 1. The van der Waals surface area contributed by atoms with E-state index in [1.807, 2.05) is 21.0 Å². The van der Waals surface area contributed by atoms with E-state index in [0.29, 0.717) is 13.0 Å². The van der Waals surface area contributed by atoms with Crippen LogP contribution in [-0.4, -0.2) is 26.7 Å². The number of rotatable bonds is 3. The van der Waals surface area contributed by atoms with E-state index in [-0.39, 0.29) is 5.97 Å². The van der Waals surface area contributed by atoms with Gasteiger partial charge in [0.1, 0.15) is 0 Å². The van der Waals surface area contributed by atoms with Gasteiger partial charge in [-0.05, 0) is 20.5 Å². The van der Waals surface area contributed by atoms with Crippen molar-refractivity contribution in [1.29, 1.82) is 0 Å². The zero-order valence-corrected chi connectivity index (χ0v) is 7.94. The maximum absolute atomic E-state index is 10.3. The standard InChI is InChI=1S/C6H12O2.C2H7N/c1-3-5-8-6(7)4-2;1-3-2/h3-5H2,1-2H3;3H,1-2H3. The first-order chi connectivity index (χ1) is 5.22. The van der Waals surface area contributed by atoms with Gasteiger partial charge in [-0.25, -0.2) is 0 Å². The lowest BCUT2D eigenvalue weighted by Crippen LogP contribution is -2.02. The van der Waals surface area contributed by atoms with Gasteiger partial charge in [0.05, 0.1) is 6.61 Å². The van der Waals surface area contributed by atoms with Gasteiger partial charge in [-0.3, -0.25) is 4.79 Å². The van der Waals surface area contributed by atoms with E-state index in [2.05, 4.69) is 5.32 Å². The molecule has 0 aromatic rings. The van der Waals surface area contributed by atoms with Crippen LogP contribution in [0.1, 0.15) is 26.7 Å². The van der Waals surface area contributed by atoms with Crippen molar-refractivity contribution >= 4 is 5.97 Å². The fourth-order valence-corrected chi connectivity index (χ4v) is 0.318. The Hall–Kier alpha value is -0.570. The molecular weight excluding hydrogens is 142 g/mol. The second-order valence-electron chi connectivity index (χ2n) is 2.07. The minimum absolute atomic E-state index is 0.105. The predicted molar refractivity (Wildman–Crippen MR) is 46.5 cm³/mol. The van der Waals surface area contributed by atoms with Gasteiger partial charge in [-0.15, -0.1) is 0 Å². The predicted octanol–water partition coefficient (Wildman–Crippen LogP) is 1.19. The Morgan fingerprint density at radius 3 is 2.09 bits per heavy atom. The third kappa shape index (κ3) is 17.7. The van der Waals surface area contributed by atoms with Crippen LogP contribution in [0.15, 0.2) is 0 Å². The molecule has 0 amide bonds. The highest BCUT2D eigenvalue weighted by atomic mass is 16.5. The molecule has 0 spiro atoms. The monoisotopic (exact) mass is 161 g/mol. The fraction of sp³-hybridized carbons (Fsp3) is 0.875. The lowest BCUT2D eigenvalue weighted by atomic mass is 10.5. The molecule has 0 fully saturated rings. The van der Waals surface area contributed by atoms with Crippen molar-refractivity contribution in [2.75, 3.05) is 20.7 Å². The average Bonchev–Trinajstić information content (AvgIpc) is 2.02. The van der Waals surface area contributed by atoms with E-state index in [1.54, 1.807) is 6.92 Å². The highest BCUT2D eigenvalue weighted by molar-refractivity contribution is 5.68. The van der Waals surface area contributed by atoms with E-state index < -0.39 is 0 Å². The van der Waals surface area contributed by atoms with Crippen LogP contribution in [0, 0.1) is 0 Å². The molecule has 3 heteroatoms. The van der Waals surface area contributed by atoms with Gasteiger partial charge < -0.3 is 10.1 Å². The Morgan fingerprint density at radius 2 is 1.82 bits per heavy atom. The van der Waals surface area contributed by atoms with Crippen LogP contribution >= 0.6 is 0 Å². The van der Waals surface area contributed by atoms with Gasteiger partial charge >= 0.3 is 5.97 Å². The number of carbonyl (C=O) groups is 1. The van der Waals surface area contributed by atoms with Gasteiger partial charge in [0.15, 0.2) is 0 Å². The van der Waals surface area contributed by atoms with Crippen molar-refractivity contribution in [1.82, 2.24) is 5.32 Å². The van der Waals surface area contributed by atoms with Gasteiger partial charge in [0, 0.05) is 6.42 Å². The zero-order chi connectivity index (χ0) is 9.11. The summed E-state index contributed by atoms with van der Waals surface area (Å²) in [6.07, 6.45) is 1.39. The molecule has 0 aliphatic rings. The Labute approximate surface area is 69.1 Å². The van der Waals surface area contributed by atoms with Crippen LogP contribution in [-0.2, 0) is 9.53 Å². The first-order valence-corrected chi connectivity index (χ1v) is 3.96. The Balaban J connectivity index is 0. The first-order valence-electron chi connectivity index (χ1n) is 3.96. The van der Waals surface area contributed by atoms with Crippen LogP contribution in [0.3, 0.4) is 0 Å². The number of hydrogen-bond donors (Lipinski definition) is 1. The molecule has 0 atom stereocenters. The highest BCUT2D eigenvalue weighted by Crippen LogP contribution is 1.85. The maximum Gasteiger partial charge on any atom is 0.305 e. The maximum atomic E-state index is 10.3. The molecule has 11 heavy (non-hydrogen) atoms. The summed E-state index contributed by atoms with van der Waals surface area (Å²) in [6, 6.07) is 0. The van der Waals surface area contributed by atoms with Crippen LogP contribution in [0.5, 0.6) is 0 Å². The smallest absolute Gasteiger partial charge is 0.305 e. The molecule has 0 aliphatic heterocycles. The lowest BCUT2D eigenvalue weighted by Gasteiger charge is -1.97. The van der Waals surface area contributed by atoms with Crippen LogP contribution in [0.25, 0.3) is 0 Å². The molecule has 0 unspecified atom stereocenters. The molecule has 0 aromatic heterocycles. The quantitative estimate of drug-likeness (QED) is 0.632. The fourth-order valence-electron chi connectivity index (χ4n) is 0.318. The molecule has 3 nitrogen and oxygen atoms in total. The van der Waals surface area contributed by atoms with E-state index in [4.69, 9.17) is 4.74 Å². The summed E-state index contributed by atoms with van der Waals surface area (Å²) < 4.78 is 4.70. The van der Waals surface area contributed by atoms with Crippen molar-refractivity contribution in [3.63, 3.8) is 0 Å². The molecule has 0 aliphatic carbocycles. The average molecular weight is 161 g/mol. The van der Waals surface area contributed by atoms with Crippen molar-refractivity contribution in [3.05, 3.63) is 0 Å². The third-order valence-electron chi connectivity index (χ3n) is 0.756. The summed E-state index contributed by atoms with van der Waals surface area (Å²) in [5.41, 5.74) is 0. The summed E-state index contributed by atoms with van der Waals surface area (Å²) in [4.78, 5) is 10.3. The van der Waals surface area contributed by atoms with Crippen LogP contribution < -0.4 is 5.32 Å². The Kier molecular flexibility index (Phi) is 14.4. The van der Waals surface area contributed by atoms with Crippen molar-refractivity contribution in [2.24, 2.45) is 0 Å². The van der Waals surface area contributed by atoms with E-state index in [0.717, 1.165) is 6.42 Å². The number of nitrogens with one attached hydrogen (secondary N) is 1. The largest absolute Gasteiger partial charge is 0.466 e. The van der Waals surface area contributed by atoms with E-state index in [9.17, 15) is 4.79 Å². The minimum Gasteiger partial charge on any atom is -0.466 e. The SMILES string of the molecule is CCCOC(=O)CC.CNC. The molecular formula is C8H19NO2. The number of hydrogen-bond acceptors (Lipinski definition) is 3.